The number of hydrogen-bond donors (Lipinski definition) is 2. The van der Waals surface area contributed by atoms with Gasteiger partial charge in [0.25, 0.3) is 0 Å². The molecule has 0 heterocycles. The van der Waals surface area contributed by atoms with Crippen molar-refractivity contribution in [3.8, 4) is 0 Å². The van der Waals surface area contributed by atoms with Crippen LogP contribution in [0, 0.1) is 11.8 Å². The molecular formula is C16H39Cl3O3V. The van der Waals surface area contributed by atoms with Crippen molar-refractivity contribution in [2.75, 3.05) is 13.2 Å². The summed E-state index contributed by atoms with van der Waals surface area (Å²) in [6.07, 6.45) is 9.66. The average molecular weight is 437 g/mol. The van der Waals surface area contributed by atoms with E-state index in [4.69, 9.17) is 13.9 Å². The molecule has 0 amide bonds. The summed E-state index contributed by atoms with van der Waals surface area (Å²) in [6.45, 7) is 9.38. The molecular weight excluding hydrogens is 397 g/mol. The van der Waals surface area contributed by atoms with Gasteiger partial charge in [0, 0.05) is 13.2 Å². The van der Waals surface area contributed by atoms with Gasteiger partial charge in [-0.1, -0.05) is 66.2 Å². The van der Waals surface area contributed by atoms with Crippen LogP contribution < -0.4 is 0 Å². The molecule has 0 aromatic heterocycles. The summed E-state index contributed by atoms with van der Waals surface area (Å²) in [6, 6.07) is 0. The first-order valence-corrected chi connectivity index (χ1v) is 8.66. The average Bonchev–Trinajstić information content (AvgIpc) is 2.52. The first-order chi connectivity index (χ1) is 9.69. The minimum absolute atomic E-state index is 0. The number of unbranched alkanes of at least 4 members (excludes halogenated alkanes) is 2. The molecule has 2 N–H and O–H groups in total. The summed E-state index contributed by atoms with van der Waals surface area (Å²) in [5, 5.41) is 17.5. The number of hydrogen-bond acceptors (Lipinski definition) is 3. The van der Waals surface area contributed by atoms with Gasteiger partial charge in [-0.3, -0.25) is 0 Å². The Bertz CT molecular complexity index is 146. The van der Waals surface area contributed by atoms with E-state index in [9.17, 15) is 0 Å². The third-order valence-electron chi connectivity index (χ3n) is 3.60. The molecule has 0 aromatic rings. The molecule has 23 heavy (non-hydrogen) atoms. The molecule has 0 radical (unpaired) electrons. The van der Waals surface area contributed by atoms with Crippen molar-refractivity contribution < 1.29 is 31.3 Å². The zero-order chi connectivity index (χ0) is 16.2. The maximum absolute atomic E-state index is 8.75. The number of aliphatic hydroxyl groups is 2. The molecule has 0 saturated carbocycles. The summed E-state index contributed by atoms with van der Waals surface area (Å²) in [5.41, 5.74) is 0. The number of aliphatic hydroxyl groups excluding tert-OH is 2. The fraction of sp³-hybridized carbons (Fsp3) is 1.00. The molecule has 0 aliphatic carbocycles. The predicted octanol–water partition coefficient (Wildman–Crippen LogP) is 5.53. The van der Waals surface area contributed by atoms with Crippen LogP contribution in [0.15, 0.2) is 0 Å². The maximum atomic E-state index is 8.75. The molecule has 2 unspecified atom stereocenters. The van der Waals surface area contributed by atoms with E-state index in [1.165, 1.54) is 38.5 Å². The number of rotatable bonds is 10. The van der Waals surface area contributed by atoms with Gasteiger partial charge in [-0.25, -0.2) is 0 Å². The molecule has 0 rings (SSSR count). The van der Waals surface area contributed by atoms with Crippen molar-refractivity contribution in [1.29, 1.82) is 0 Å². The SMILES string of the molecule is CCCCC(CC)CO.CCCCC(CC)CO.Cl.Cl.Cl.[O]=[V]. The van der Waals surface area contributed by atoms with Crippen LogP contribution in [0.1, 0.15) is 79.1 Å². The van der Waals surface area contributed by atoms with Crippen LogP contribution in [0.3, 0.4) is 0 Å². The van der Waals surface area contributed by atoms with E-state index < -0.39 is 0 Å². The minimum atomic E-state index is 0. The van der Waals surface area contributed by atoms with Crippen LogP contribution in [0.2, 0.25) is 0 Å². The van der Waals surface area contributed by atoms with Gasteiger partial charge < -0.3 is 10.2 Å². The van der Waals surface area contributed by atoms with Gasteiger partial charge in [0.15, 0.2) is 0 Å². The third kappa shape index (κ3) is 35.2. The molecule has 2 atom stereocenters. The number of halogens is 3. The Hall–Kier alpha value is 1.17. The quantitative estimate of drug-likeness (QED) is 0.473. The van der Waals surface area contributed by atoms with Gasteiger partial charge in [0.05, 0.1) is 0 Å². The van der Waals surface area contributed by atoms with Crippen LogP contribution >= 0.6 is 37.2 Å². The summed E-state index contributed by atoms with van der Waals surface area (Å²) in [4.78, 5) is 0. The van der Waals surface area contributed by atoms with Crippen molar-refractivity contribution in [2.24, 2.45) is 11.8 Å². The van der Waals surface area contributed by atoms with Crippen molar-refractivity contribution in [1.82, 2.24) is 0 Å². The zero-order valence-electron chi connectivity index (χ0n) is 15.2. The summed E-state index contributed by atoms with van der Waals surface area (Å²) in [5.74, 6) is 1.12. The molecule has 0 fully saturated rings. The summed E-state index contributed by atoms with van der Waals surface area (Å²) >= 11 is 1.06. The first kappa shape index (κ1) is 39.3. The van der Waals surface area contributed by atoms with E-state index in [2.05, 4.69) is 27.7 Å². The molecule has 0 spiro atoms. The monoisotopic (exact) mass is 435 g/mol. The summed E-state index contributed by atoms with van der Waals surface area (Å²) in [7, 11) is 0. The van der Waals surface area contributed by atoms with Crippen molar-refractivity contribution in [3.05, 3.63) is 0 Å². The van der Waals surface area contributed by atoms with Gasteiger partial charge in [0.1, 0.15) is 0 Å². The van der Waals surface area contributed by atoms with E-state index >= 15 is 0 Å². The van der Waals surface area contributed by atoms with E-state index in [1.807, 2.05) is 0 Å². The van der Waals surface area contributed by atoms with Crippen LogP contribution in [0.5, 0.6) is 0 Å². The topological polar surface area (TPSA) is 57.5 Å². The van der Waals surface area contributed by atoms with Crippen LogP contribution in [-0.2, 0) is 21.0 Å². The molecule has 0 aliphatic heterocycles. The second kappa shape index (κ2) is 38.6. The van der Waals surface area contributed by atoms with Gasteiger partial charge in [-0.2, -0.15) is 0 Å². The molecule has 147 valence electrons. The molecule has 0 aromatic carbocycles. The van der Waals surface area contributed by atoms with E-state index in [-0.39, 0.29) is 37.2 Å². The van der Waals surface area contributed by atoms with Gasteiger partial charge >= 0.3 is 21.0 Å². The van der Waals surface area contributed by atoms with Crippen LogP contribution in [0.25, 0.3) is 0 Å². The van der Waals surface area contributed by atoms with Gasteiger partial charge in [-0.15, -0.1) is 37.2 Å². The normalized spacial score (nSPS) is 10.8. The van der Waals surface area contributed by atoms with Crippen LogP contribution in [-0.4, -0.2) is 23.4 Å². The Morgan fingerprint density at radius 2 is 0.957 bits per heavy atom. The predicted molar refractivity (Wildman–Crippen MR) is 103 cm³/mol. The van der Waals surface area contributed by atoms with E-state index in [1.54, 1.807) is 0 Å². The van der Waals surface area contributed by atoms with E-state index in [0.717, 1.165) is 30.2 Å². The molecule has 0 saturated heterocycles. The fourth-order valence-corrected chi connectivity index (χ4v) is 1.83. The molecule has 0 bridgehead atoms. The standard InChI is InChI=1S/2C8H18O.3ClH.O.V/c2*1-3-5-6-8(4-2)7-9;;;;;/h2*8-9H,3-7H2,1-2H3;3*1H;;. The van der Waals surface area contributed by atoms with Gasteiger partial charge in [-0.05, 0) is 24.7 Å². The molecule has 0 aliphatic rings. The van der Waals surface area contributed by atoms with Crippen molar-refractivity contribution >= 4 is 37.2 Å². The third-order valence-corrected chi connectivity index (χ3v) is 3.60. The molecule has 3 nitrogen and oxygen atoms in total. The Morgan fingerprint density at radius 1 is 0.696 bits per heavy atom. The fourth-order valence-electron chi connectivity index (χ4n) is 1.83. The zero-order valence-corrected chi connectivity index (χ0v) is 19.0. The Kier molecular flexibility index (Phi) is 66.0. The molecule has 7 heteroatoms. The van der Waals surface area contributed by atoms with Crippen molar-refractivity contribution in [3.63, 3.8) is 0 Å². The van der Waals surface area contributed by atoms with Gasteiger partial charge in [0.2, 0.25) is 0 Å². The Balaban J connectivity index is -0.0000000506. The second-order valence-electron chi connectivity index (χ2n) is 5.20. The van der Waals surface area contributed by atoms with Crippen LogP contribution in [0.4, 0.5) is 0 Å². The van der Waals surface area contributed by atoms with Crippen molar-refractivity contribution in [2.45, 2.75) is 79.1 Å². The van der Waals surface area contributed by atoms with E-state index in [0.29, 0.717) is 25.0 Å². The first-order valence-electron chi connectivity index (χ1n) is 8.09. The summed E-state index contributed by atoms with van der Waals surface area (Å²) < 4.78 is 8.19. The Morgan fingerprint density at radius 3 is 1.09 bits per heavy atom. The Labute approximate surface area is 172 Å². The second-order valence-corrected chi connectivity index (χ2v) is 5.20.